The van der Waals surface area contributed by atoms with Gasteiger partial charge in [-0.25, -0.2) is 4.68 Å². The number of para-hydroxylation sites is 1. The van der Waals surface area contributed by atoms with Crippen LogP contribution in [0.15, 0.2) is 24.3 Å². The van der Waals surface area contributed by atoms with Crippen molar-refractivity contribution in [2.24, 2.45) is 0 Å². The first kappa shape index (κ1) is 15.1. The molecule has 0 bridgehead atoms. The van der Waals surface area contributed by atoms with E-state index in [0.717, 1.165) is 48.3 Å². The minimum Gasteiger partial charge on any atom is -0.349 e. The molecule has 1 aromatic carbocycles. The van der Waals surface area contributed by atoms with Gasteiger partial charge in [-0.2, -0.15) is 5.10 Å². The van der Waals surface area contributed by atoms with E-state index in [0.29, 0.717) is 11.1 Å². The largest absolute Gasteiger partial charge is 0.349 e. The maximum absolute atomic E-state index is 12.6. The third-order valence-electron chi connectivity index (χ3n) is 3.94. The van der Waals surface area contributed by atoms with Gasteiger partial charge < -0.3 is 5.32 Å². The highest BCUT2D eigenvalue weighted by molar-refractivity contribution is 6.32. The Bertz CT molecular complexity index is 704. The molecule has 1 aliphatic carbocycles. The zero-order valence-corrected chi connectivity index (χ0v) is 13.7. The predicted molar refractivity (Wildman–Crippen MR) is 87.8 cm³/mol. The van der Waals surface area contributed by atoms with Gasteiger partial charge in [-0.1, -0.05) is 37.6 Å². The first-order chi connectivity index (χ1) is 10.7. The summed E-state index contributed by atoms with van der Waals surface area (Å²) in [6.45, 7) is 4.06. The van der Waals surface area contributed by atoms with Crippen molar-refractivity contribution >= 4 is 17.5 Å². The molecule has 1 aliphatic rings. The zero-order valence-electron chi connectivity index (χ0n) is 12.9. The SMILES string of the molecule is CCc1nn(-c2ccccc2Cl)c(CC)c1C(=O)NC1CC1. The molecule has 2 aromatic rings. The summed E-state index contributed by atoms with van der Waals surface area (Å²) in [7, 11) is 0. The van der Waals surface area contributed by atoms with E-state index in [2.05, 4.69) is 10.4 Å². The average molecular weight is 318 g/mol. The lowest BCUT2D eigenvalue weighted by Gasteiger charge is -2.09. The van der Waals surface area contributed by atoms with Gasteiger partial charge in [-0.3, -0.25) is 4.79 Å². The topological polar surface area (TPSA) is 46.9 Å². The second kappa shape index (κ2) is 6.13. The Morgan fingerprint density at radius 2 is 2.05 bits per heavy atom. The van der Waals surface area contributed by atoms with Crippen LogP contribution >= 0.6 is 11.6 Å². The number of hydrogen-bond donors (Lipinski definition) is 1. The predicted octanol–water partition coefficient (Wildman–Crippen LogP) is 3.54. The van der Waals surface area contributed by atoms with Gasteiger partial charge in [0.1, 0.15) is 0 Å². The van der Waals surface area contributed by atoms with Crippen molar-refractivity contribution in [3.8, 4) is 5.69 Å². The summed E-state index contributed by atoms with van der Waals surface area (Å²) in [4.78, 5) is 12.6. The molecule has 0 aliphatic heterocycles. The smallest absolute Gasteiger partial charge is 0.255 e. The van der Waals surface area contributed by atoms with Crippen molar-refractivity contribution in [1.29, 1.82) is 0 Å². The van der Waals surface area contributed by atoms with Crippen LogP contribution in [-0.4, -0.2) is 21.7 Å². The summed E-state index contributed by atoms with van der Waals surface area (Å²) in [5, 5.41) is 8.36. The highest BCUT2D eigenvalue weighted by atomic mass is 35.5. The maximum atomic E-state index is 12.6. The fourth-order valence-electron chi connectivity index (χ4n) is 2.65. The summed E-state index contributed by atoms with van der Waals surface area (Å²) in [5.41, 5.74) is 3.29. The molecule has 1 saturated carbocycles. The molecule has 3 rings (SSSR count). The minimum atomic E-state index is -0.00509. The lowest BCUT2D eigenvalue weighted by Crippen LogP contribution is -2.27. The Hall–Kier alpha value is -1.81. The van der Waals surface area contributed by atoms with Gasteiger partial charge in [0, 0.05) is 6.04 Å². The Morgan fingerprint density at radius 3 is 2.64 bits per heavy atom. The van der Waals surface area contributed by atoms with Crippen molar-refractivity contribution in [3.05, 3.63) is 46.2 Å². The van der Waals surface area contributed by atoms with Crippen LogP contribution in [0, 0.1) is 0 Å². The molecule has 1 fully saturated rings. The number of aromatic nitrogens is 2. The Labute approximate surface area is 135 Å². The summed E-state index contributed by atoms with van der Waals surface area (Å²) in [6, 6.07) is 7.93. The quantitative estimate of drug-likeness (QED) is 0.916. The number of rotatable bonds is 5. The second-order valence-corrected chi connectivity index (χ2v) is 5.99. The number of halogens is 1. The van der Waals surface area contributed by atoms with Crippen LogP contribution in [0.1, 0.15) is 48.4 Å². The molecule has 1 amide bonds. The first-order valence-corrected chi connectivity index (χ1v) is 8.20. The van der Waals surface area contributed by atoms with Crippen LogP contribution in [0.25, 0.3) is 5.69 Å². The van der Waals surface area contributed by atoms with E-state index < -0.39 is 0 Å². The number of carbonyl (C=O) groups is 1. The summed E-state index contributed by atoms with van der Waals surface area (Å²) < 4.78 is 1.82. The van der Waals surface area contributed by atoms with Crippen molar-refractivity contribution < 1.29 is 4.79 Å². The molecule has 22 heavy (non-hydrogen) atoms. The maximum Gasteiger partial charge on any atom is 0.255 e. The molecule has 0 radical (unpaired) electrons. The molecule has 1 heterocycles. The van der Waals surface area contributed by atoms with Gasteiger partial charge in [0.25, 0.3) is 5.91 Å². The molecular weight excluding hydrogens is 298 g/mol. The Balaban J connectivity index is 2.09. The second-order valence-electron chi connectivity index (χ2n) is 5.59. The molecule has 0 atom stereocenters. The van der Waals surface area contributed by atoms with E-state index in [4.69, 9.17) is 11.6 Å². The fraction of sp³-hybridized carbons (Fsp3) is 0.412. The van der Waals surface area contributed by atoms with E-state index in [1.807, 2.05) is 42.8 Å². The highest BCUT2D eigenvalue weighted by Gasteiger charge is 2.28. The number of nitrogens with one attached hydrogen (secondary N) is 1. The summed E-state index contributed by atoms with van der Waals surface area (Å²) in [5.74, 6) is -0.00509. The molecule has 0 unspecified atom stereocenters. The number of carbonyl (C=O) groups excluding carboxylic acids is 1. The number of benzene rings is 1. The normalized spacial score (nSPS) is 14.1. The number of nitrogens with zero attached hydrogens (tertiary/aromatic N) is 2. The summed E-state index contributed by atoms with van der Waals surface area (Å²) >= 11 is 6.31. The van der Waals surface area contributed by atoms with Crippen LogP contribution in [0.2, 0.25) is 5.02 Å². The van der Waals surface area contributed by atoms with E-state index in [1.54, 1.807) is 0 Å². The van der Waals surface area contributed by atoms with Crippen LogP contribution in [0.5, 0.6) is 0 Å². The van der Waals surface area contributed by atoms with Gasteiger partial charge >= 0.3 is 0 Å². The molecule has 116 valence electrons. The van der Waals surface area contributed by atoms with Crippen LogP contribution in [0.4, 0.5) is 0 Å². The molecule has 5 heteroatoms. The monoisotopic (exact) mass is 317 g/mol. The Kier molecular flexibility index (Phi) is 4.21. The van der Waals surface area contributed by atoms with Crippen LogP contribution in [-0.2, 0) is 12.8 Å². The van der Waals surface area contributed by atoms with Crippen molar-refractivity contribution in [1.82, 2.24) is 15.1 Å². The minimum absolute atomic E-state index is 0.00509. The molecule has 0 spiro atoms. The van der Waals surface area contributed by atoms with E-state index in [9.17, 15) is 4.79 Å². The number of aryl methyl sites for hydroxylation is 1. The van der Waals surface area contributed by atoms with Gasteiger partial charge in [0.2, 0.25) is 0 Å². The number of hydrogen-bond acceptors (Lipinski definition) is 2. The van der Waals surface area contributed by atoms with Gasteiger partial charge in [0.05, 0.1) is 27.7 Å². The molecular formula is C17H20ClN3O. The lowest BCUT2D eigenvalue weighted by molar-refractivity contribution is 0.0949. The van der Waals surface area contributed by atoms with Crippen molar-refractivity contribution in [3.63, 3.8) is 0 Å². The van der Waals surface area contributed by atoms with Gasteiger partial charge in [-0.15, -0.1) is 0 Å². The lowest BCUT2D eigenvalue weighted by atomic mass is 10.1. The van der Waals surface area contributed by atoms with Gasteiger partial charge in [0.15, 0.2) is 0 Å². The number of amides is 1. The molecule has 1 N–H and O–H groups in total. The van der Waals surface area contributed by atoms with E-state index in [-0.39, 0.29) is 5.91 Å². The first-order valence-electron chi connectivity index (χ1n) is 7.82. The molecule has 1 aromatic heterocycles. The standard InChI is InChI=1S/C17H20ClN3O/c1-3-13-16(17(22)19-11-9-10-11)14(4-2)21(20-13)15-8-6-5-7-12(15)18/h5-8,11H,3-4,9-10H2,1-2H3,(H,19,22). The third kappa shape index (κ3) is 2.75. The molecule has 4 nitrogen and oxygen atoms in total. The summed E-state index contributed by atoms with van der Waals surface area (Å²) in [6.07, 6.45) is 3.60. The van der Waals surface area contributed by atoms with Crippen molar-refractivity contribution in [2.45, 2.75) is 45.6 Å². The van der Waals surface area contributed by atoms with Crippen molar-refractivity contribution in [2.75, 3.05) is 0 Å². The zero-order chi connectivity index (χ0) is 15.7. The van der Waals surface area contributed by atoms with Gasteiger partial charge in [-0.05, 0) is 37.8 Å². The molecule has 0 saturated heterocycles. The van der Waals surface area contributed by atoms with Crippen LogP contribution in [0.3, 0.4) is 0 Å². The highest BCUT2D eigenvalue weighted by Crippen LogP contribution is 2.26. The van der Waals surface area contributed by atoms with Crippen LogP contribution < -0.4 is 5.32 Å². The third-order valence-corrected chi connectivity index (χ3v) is 4.26. The fourth-order valence-corrected chi connectivity index (χ4v) is 2.86. The van der Waals surface area contributed by atoms with E-state index in [1.165, 1.54) is 0 Å². The Morgan fingerprint density at radius 1 is 1.32 bits per heavy atom. The average Bonchev–Trinajstić information content (AvgIpc) is 3.25. The van der Waals surface area contributed by atoms with E-state index >= 15 is 0 Å².